The summed E-state index contributed by atoms with van der Waals surface area (Å²) in [6.45, 7) is 5.63. The summed E-state index contributed by atoms with van der Waals surface area (Å²) in [6.07, 6.45) is -6.76. The molecular weight excluding hydrogens is 233 g/mol. The number of hydrogen-bond acceptors (Lipinski definition) is 2. The fourth-order valence-corrected chi connectivity index (χ4v) is 4.02. The van der Waals surface area contributed by atoms with Crippen LogP contribution in [0.5, 0.6) is 0 Å². The molecule has 0 spiro atoms. The highest BCUT2D eigenvalue weighted by Crippen LogP contribution is 2.68. The summed E-state index contributed by atoms with van der Waals surface area (Å²) in [7, 11) is 0. The lowest BCUT2D eigenvalue weighted by Gasteiger charge is -2.38. The van der Waals surface area contributed by atoms with E-state index in [4.69, 9.17) is 0 Å². The minimum atomic E-state index is -4.65. The zero-order valence-corrected chi connectivity index (χ0v) is 10.3. The fraction of sp³-hybridized carbons (Fsp3) is 1.00. The maximum atomic E-state index is 12.6. The number of fused-ring (bicyclic) bond motifs is 2. The molecule has 100 valence electrons. The van der Waals surface area contributed by atoms with Crippen molar-refractivity contribution in [1.29, 1.82) is 0 Å². The van der Waals surface area contributed by atoms with E-state index in [1.54, 1.807) is 0 Å². The fourth-order valence-electron chi connectivity index (χ4n) is 4.02. The van der Waals surface area contributed by atoms with E-state index >= 15 is 0 Å². The van der Waals surface area contributed by atoms with Crippen LogP contribution >= 0.6 is 0 Å². The van der Waals surface area contributed by atoms with Gasteiger partial charge in [-0.3, -0.25) is 0 Å². The predicted octanol–water partition coefficient (Wildman–Crippen LogP) is 2.34. The van der Waals surface area contributed by atoms with Gasteiger partial charge in [0, 0.05) is 5.92 Å². The molecule has 2 rings (SSSR count). The van der Waals surface area contributed by atoms with Crippen LogP contribution < -0.4 is 0 Å². The van der Waals surface area contributed by atoms with E-state index in [0.29, 0.717) is 6.42 Å². The molecular formula is C12H19F3O2. The molecule has 0 radical (unpaired) electrons. The Morgan fingerprint density at radius 1 is 1.24 bits per heavy atom. The summed E-state index contributed by atoms with van der Waals surface area (Å²) in [5.74, 6) is -1.34. The van der Waals surface area contributed by atoms with Crippen molar-refractivity contribution >= 4 is 0 Å². The molecule has 0 aromatic carbocycles. The Kier molecular flexibility index (Phi) is 2.61. The van der Waals surface area contributed by atoms with Crippen LogP contribution in [-0.4, -0.2) is 28.6 Å². The van der Waals surface area contributed by atoms with Gasteiger partial charge in [-0.15, -0.1) is 0 Å². The third kappa shape index (κ3) is 1.48. The second-order valence-electron chi connectivity index (χ2n) is 6.29. The van der Waals surface area contributed by atoms with E-state index in [-0.39, 0.29) is 11.3 Å². The van der Waals surface area contributed by atoms with Crippen molar-refractivity contribution in [3.8, 4) is 0 Å². The van der Waals surface area contributed by atoms with Gasteiger partial charge in [0.15, 0.2) is 6.10 Å². The molecule has 5 unspecified atom stereocenters. The lowest BCUT2D eigenvalue weighted by Crippen LogP contribution is -2.46. The molecule has 2 saturated carbocycles. The van der Waals surface area contributed by atoms with Crippen LogP contribution in [0.3, 0.4) is 0 Å². The Labute approximate surface area is 98.8 Å². The Bertz CT molecular complexity index is 326. The number of halogens is 3. The van der Waals surface area contributed by atoms with Gasteiger partial charge in [-0.25, -0.2) is 0 Å². The summed E-state index contributed by atoms with van der Waals surface area (Å²) < 4.78 is 37.8. The van der Waals surface area contributed by atoms with Crippen LogP contribution in [0.25, 0.3) is 0 Å². The first-order chi connectivity index (χ1) is 7.53. The number of aliphatic hydroxyl groups is 2. The van der Waals surface area contributed by atoms with Gasteiger partial charge < -0.3 is 10.2 Å². The molecule has 2 aliphatic rings. The molecule has 2 N–H and O–H groups in total. The lowest BCUT2D eigenvalue weighted by molar-refractivity contribution is -0.236. The molecule has 5 heteroatoms. The van der Waals surface area contributed by atoms with Gasteiger partial charge in [-0.1, -0.05) is 20.8 Å². The largest absolute Gasteiger partial charge is 0.414 e. The minimum absolute atomic E-state index is 0.265. The summed E-state index contributed by atoms with van der Waals surface area (Å²) in [5, 5.41) is 19.6. The minimum Gasteiger partial charge on any atom is -0.392 e. The average molecular weight is 252 g/mol. The average Bonchev–Trinajstić information content (AvgIpc) is 2.47. The standard InChI is InChI=1S/C12H19F3O2/c1-10(2)6-4-5-11(10,3)8(16)7(6)9(17)12(13,14)15/h6-9,16-17H,4-5H2,1-3H3. The van der Waals surface area contributed by atoms with Gasteiger partial charge in [0.05, 0.1) is 6.10 Å². The molecule has 0 aromatic heterocycles. The molecule has 0 aromatic rings. The van der Waals surface area contributed by atoms with Crippen molar-refractivity contribution in [1.82, 2.24) is 0 Å². The number of alkyl halides is 3. The smallest absolute Gasteiger partial charge is 0.392 e. The number of rotatable bonds is 1. The highest BCUT2D eigenvalue weighted by molar-refractivity contribution is 5.16. The SMILES string of the molecule is CC1(C)C2CCC1(C)C(O)C2C(O)C(F)(F)F. The van der Waals surface area contributed by atoms with Crippen molar-refractivity contribution in [2.75, 3.05) is 0 Å². The van der Waals surface area contributed by atoms with E-state index < -0.39 is 29.7 Å². The molecule has 0 heterocycles. The predicted molar refractivity (Wildman–Crippen MR) is 56.2 cm³/mol. The van der Waals surface area contributed by atoms with Crippen molar-refractivity contribution in [3.05, 3.63) is 0 Å². The molecule has 5 atom stereocenters. The second kappa shape index (κ2) is 3.38. The summed E-state index contributed by atoms with van der Waals surface area (Å²) in [5.41, 5.74) is -0.877. The topological polar surface area (TPSA) is 40.5 Å². The Morgan fingerprint density at radius 2 is 1.76 bits per heavy atom. The zero-order chi connectivity index (χ0) is 13.2. The zero-order valence-electron chi connectivity index (χ0n) is 10.3. The first-order valence-electron chi connectivity index (χ1n) is 5.96. The summed E-state index contributed by atoms with van der Waals surface area (Å²) in [4.78, 5) is 0. The number of hydrogen-bond donors (Lipinski definition) is 2. The van der Waals surface area contributed by atoms with Crippen molar-refractivity contribution in [3.63, 3.8) is 0 Å². The van der Waals surface area contributed by atoms with Crippen LogP contribution in [0.2, 0.25) is 0 Å². The van der Waals surface area contributed by atoms with Crippen LogP contribution in [0.4, 0.5) is 13.2 Å². The maximum absolute atomic E-state index is 12.6. The maximum Gasteiger partial charge on any atom is 0.414 e. The third-order valence-electron chi connectivity index (χ3n) is 5.56. The van der Waals surface area contributed by atoms with E-state index in [1.165, 1.54) is 0 Å². The third-order valence-corrected chi connectivity index (χ3v) is 5.56. The first kappa shape index (κ1) is 13.1. The molecule has 2 bridgehead atoms. The highest BCUT2D eigenvalue weighted by atomic mass is 19.4. The lowest BCUT2D eigenvalue weighted by atomic mass is 9.70. The van der Waals surface area contributed by atoms with Crippen LogP contribution in [0, 0.1) is 22.7 Å². The monoisotopic (exact) mass is 252 g/mol. The van der Waals surface area contributed by atoms with Gasteiger partial charge in [0.2, 0.25) is 0 Å². The van der Waals surface area contributed by atoms with E-state index in [2.05, 4.69) is 0 Å². The molecule has 0 aliphatic heterocycles. The van der Waals surface area contributed by atoms with Gasteiger partial charge in [0.1, 0.15) is 0 Å². The van der Waals surface area contributed by atoms with Crippen molar-refractivity contribution < 1.29 is 23.4 Å². The summed E-state index contributed by atoms with van der Waals surface area (Å²) >= 11 is 0. The molecule has 0 amide bonds. The first-order valence-corrected chi connectivity index (χ1v) is 5.96. The van der Waals surface area contributed by atoms with Gasteiger partial charge in [0.25, 0.3) is 0 Å². The van der Waals surface area contributed by atoms with Crippen LogP contribution in [0.15, 0.2) is 0 Å². The Morgan fingerprint density at radius 3 is 2.12 bits per heavy atom. The molecule has 2 nitrogen and oxygen atoms in total. The summed E-state index contributed by atoms with van der Waals surface area (Å²) in [6, 6.07) is 0. The normalized spacial score (nSPS) is 46.2. The number of aliphatic hydroxyl groups excluding tert-OH is 2. The second-order valence-corrected chi connectivity index (χ2v) is 6.29. The highest BCUT2D eigenvalue weighted by Gasteiger charge is 2.69. The van der Waals surface area contributed by atoms with Crippen LogP contribution in [-0.2, 0) is 0 Å². The van der Waals surface area contributed by atoms with E-state index in [0.717, 1.165) is 6.42 Å². The van der Waals surface area contributed by atoms with Crippen LogP contribution in [0.1, 0.15) is 33.6 Å². The molecule has 0 saturated heterocycles. The van der Waals surface area contributed by atoms with Crippen molar-refractivity contribution in [2.45, 2.75) is 52.0 Å². The molecule has 2 aliphatic carbocycles. The molecule has 2 fully saturated rings. The van der Waals surface area contributed by atoms with E-state index in [9.17, 15) is 23.4 Å². The van der Waals surface area contributed by atoms with Gasteiger partial charge >= 0.3 is 6.18 Å². The van der Waals surface area contributed by atoms with E-state index in [1.807, 2.05) is 20.8 Å². The molecule has 17 heavy (non-hydrogen) atoms. The van der Waals surface area contributed by atoms with Gasteiger partial charge in [-0.05, 0) is 29.6 Å². The Hall–Kier alpha value is -0.290. The quantitative estimate of drug-likeness (QED) is 0.752. The van der Waals surface area contributed by atoms with Gasteiger partial charge in [-0.2, -0.15) is 13.2 Å². The Balaban J connectivity index is 2.35. The van der Waals surface area contributed by atoms with Crippen molar-refractivity contribution in [2.24, 2.45) is 22.7 Å².